The van der Waals surface area contributed by atoms with Crippen LogP contribution < -0.4 is 4.74 Å². The van der Waals surface area contributed by atoms with E-state index in [0.29, 0.717) is 34.9 Å². The van der Waals surface area contributed by atoms with E-state index in [1.165, 1.54) is 0 Å². The van der Waals surface area contributed by atoms with Gasteiger partial charge >= 0.3 is 0 Å². The van der Waals surface area contributed by atoms with Gasteiger partial charge in [0.1, 0.15) is 5.75 Å². The van der Waals surface area contributed by atoms with Crippen LogP contribution in [0.4, 0.5) is 0 Å². The van der Waals surface area contributed by atoms with E-state index in [1.54, 1.807) is 13.0 Å². The van der Waals surface area contributed by atoms with Crippen molar-refractivity contribution < 1.29 is 14.1 Å². The van der Waals surface area contributed by atoms with Gasteiger partial charge in [0.2, 0.25) is 11.7 Å². The van der Waals surface area contributed by atoms with Crippen LogP contribution >= 0.6 is 0 Å². The number of rotatable bonds is 4. The first kappa shape index (κ1) is 15.9. The fraction of sp³-hybridized carbons (Fsp3) is 0.421. The average molecular weight is 339 g/mol. The molecule has 0 bridgehead atoms. The van der Waals surface area contributed by atoms with E-state index in [-0.39, 0.29) is 12.5 Å². The lowest BCUT2D eigenvalue weighted by Gasteiger charge is -2.17. The van der Waals surface area contributed by atoms with Gasteiger partial charge in [0.25, 0.3) is 5.91 Å². The van der Waals surface area contributed by atoms with Gasteiger partial charge < -0.3 is 14.2 Å². The monoisotopic (exact) mass is 339 g/mol. The number of likely N-dealkylation sites (tertiary alicyclic amines) is 1. The minimum absolute atomic E-state index is 0.0789. The molecule has 1 aromatic carbocycles. The summed E-state index contributed by atoms with van der Waals surface area (Å²) in [6.45, 7) is 3.65. The van der Waals surface area contributed by atoms with Crippen LogP contribution in [-0.4, -0.2) is 34.0 Å². The van der Waals surface area contributed by atoms with Gasteiger partial charge in [-0.2, -0.15) is 4.98 Å². The van der Waals surface area contributed by atoms with Gasteiger partial charge in [0.05, 0.1) is 0 Å². The molecule has 1 aliphatic carbocycles. The number of benzene rings is 1. The number of aromatic nitrogens is 2. The normalized spacial score (nSPS) is 22.0. The zero-order chi connectivity index (χ0) is 17.2. The number of fused-ring (bicyclic) bond motifs is 1. The lowest BCUT2D eigenvalue weighted by atomic mass is 9.86. The summed E-state index contributed by atoms with van der Waals surface area (Å²) in [6, 6.07) is 7.30. The summed E-state index contributed by atoms with van der Waals surface area (Å²) in [6.07, 6.45) is 6.65. The minimum atomic E-state index is 0.0789. The SMILES string of the molecule is Cc1nc(COc2cccc(C(=O)N3CC4CC=CCC4C3)c2)no1. The van der Waals surface area contributed by atoms with Crippen LogP contribution in [0.3, 0.4) is 0 Å². The highest BCUT2D eigenvalue weighted by atomic mass is 16.5. The van der Waals surface area contributed by atoms with E-state index in [4.69, 9.17) is 9.26 Å². The third kappa shape index (κ3) is 3.43. The smallest absolute Gasteiger partial charge is 0.254 e. The maximum atomic E-state index is 12.8. The number of ether oxygens (including phenoxy) is 1. The molecule has 25 heavy (non-hydrogen) atoms. The second kappa shape index (κ2) is 6.70. The van der Waals surface area contributed by atoms with Crippen molar-refractivity contribution in [2.45, 2.75) is 26.4 Å². The topological polar surface area (TPSA) is 68.5 Å². The molecule has 1 fully saturated rings. The molecule has 1 saturated heterocycles. The Balaban J connectivity index is 1.41. The summed E-state index contributed by atoms with van der Waals surface area (Å²) < 4.78 is 10.6. The van der Waals surface area contributed by atoms with Crippen molar-refractivity contribution in [1.82, 2.24) is 15.0 Å². The zero-order valence-corrected chi connectivity index (χ0v) is 14.2. The molecular weight excluding hydrogens is 318 g/mol. The number of aryl methyl sites for hydroxylation is 1. The van der Waals surface area contributed by atoms with E-state index < -0.39 is 0 Å². The van der Waals surface area contributed by atoms with Gasteiger partial charge in [-0.15, -0.1) is 0 Å². The molecule has 0 saturated carbocycles. The standard InChI is InChI=1S/C19H21N3O3/c1-13-20-18(21-25-13)12-24-17-8-4-7-14(9-17)19(23)22-10-15-5-2-3-6-16(15)11-22/h2-4,7-9,15-16H,5-6,10-12H2,1H3. The maximum Gasteiger partial charge on any atom is 0.254 e. The molecular formula is C19H21N3O3. The molecule has 2 aliphatic rings. The Morgan fingerprint density at radius 2 is 2.04 bits per heavy atom. The summed E-state index contributed by atoms with van der Waals surface area (Å²) in [7, 11) is 0. The highest BCUT2D eigenvalue weighted by Gasteiger charge is 2.35. The predicted molar refractivity (Wildman–Crippen MR) is 91.1 cm³/mol. The van der Waals surface area contributed by atoms with E-state index in [0.717, 1.165) is 25.9 Å². The van der Waals surface area contributed by atoms with Crippen molar-refractivity contribution in [2.24, 2.45) is 11.8 Å². The molecule has 0 N–H and O–H groups in total. The lowest BCUT2D eigenvalue weighted by molar-refractivity contribution is 0.0783. The number of allylic oxidation sites excluding steroid dienone is 2. The Bertz CT molecular complexity index is 783. The predicted octanol–water partition coefficient (Wildman–Crippen LogP) is 3.00. The number of carbonyl (C=O) groups excluding carboxylic acids is 1. The highest BCUT2D eigenvalue weighted by Crippen LogP contribution is 2.33. The number of hydrogen-bond donors (Lipinski definition) is 0. The molecule has 0 radical (unpaired) electrons. The molecule has 0 spiro atoms. The second-order valence-electron chi connectivity index (χ2n) is 6.72. The first-order chi connectivity index (χ1) is 12.2. The number of hydrogen-bond acceptors (Lipinski definition) is 5. The fourth-order valence-electron chi connectivity index (χ4n) is 3.63. The Morgan fingerprint density at radius 1 is 1.28 bits per heavy atom. The largest absolute Gasteiger partial charge is 0.485 e. The third-order valence-corrected chi connectivity index (χ3v) is 4.93. The van der Waals surface area contributed by atoms with Crippen molar-refractivity contribution in [2.75, 3.05) is 13.1 Å². The summed E-state index contributed by atoms with van der Waals surface area (Å²) >= 11 is 0. The molecule has 2 heterocycles. The number of carbonyl (C=O) groups is 1. The zero-order valence-electron chi connectivity index (χ0n) is 14.2. The van der Waals surface area contributed by atoms with Crippen molar-refractivity contribution in [3.8, 4) is 5.75 Å². The van der Waals surface area contributed by atoms with E-state index in [2.05, 4.69) is 22.3 Å². The number of amides is 1. The van der Waals surface area contributed by atoms with Crippen molar-refractivity contribution in [3.05, 3.63) is 53.7 Å². The summed E-state index contributed by atoms with van der Waals surface area (Å²) in [5, 5.41) is 3.80. The maximum absolute atomic E-state index is 12.8. The number of nitrogens with zero attached hydrogens (tertiary/aromatic N) is 3. The van der Waals surface area contributed by atoms with Crippen LogP contribution in [0, 0.1) is 18.8 Å². The van der Waals surface area contributed by atoms with Gasteiger partial charge in [0, 0.05) is 25.6 Å². The van der Waals surface area contributed by atoms with Gasteiger partial charge in [0.15, 0.2) is 6.61 Å². The van der Waals surface area contributed by atoms with Gasteiger partial charge in [-0.25, -0.2) is 0 Å². The van der Waals surface area contributed by atoms with Crippen LogP contribution in [0.25, 0.3) is 0 Å². The fourth-order valence-corrected chi connectivity index (χ4v) is 3.63. The second-order valence-corrected chi connectivity index (χ2v) is 6.72. The molecule has 2 atom stereocenters. The van der Waals surface area contributed by atoms with Crippen molar-refractivity contribution in [1.29, 1.82) is 0 Å². The van der Waals surface area contributed by atoms with Crippen molar-refractivity contribution >= 4 is 5.91 Å². The molecule has 130 valence electrons. The van der Waals surface area contributed by atoms with Gasteiger partial charge in [-0.1, -0.05) is 23.4 Å². The Labute approximate surface area is 146 Å². The lowest BCUT2D eigenvalue weighted by Crippen LogP contribution is -2.29. The first-order valence-electron chi connectivity index (χ1n) is 8.65. The van der Waals surface area contributed by atoms with Gasteiger partial charge in [-0.3, -0.25) is 4.79 Å². The summed E-state index contributed by atoms with van der Waals surface area (Å²) in [5.41, 5.74) is 0.661. The van der Waals surface area contributed by atoms with Crippen LogP contribution in [0.15, 0.2) is 40.9 Å². The summed E-state index contributed by atoms with van der Waals surface area (Å²) in [5.74, 6) is 2.92. The van der Waals surface area contributed by atoms with E-state index in [1.807, 2.05) is 23.1 Å². The molecule has 1 amide bonds. The molecule has 1 aliphatic heterocycles. The average Bonchev–Trinajstić information content (AvgIpc) is 3.25. The quantitative estimate of drug-likeness (QED) is 0.801. The van der Waals surface area contributed by atoms with Crippen LogP contribution in [0.1, 0.15) is 34.9 Å². The van der Waals surface area contributed by atoms with E-state index in [9.17, 15) is 4.79 Å². The molecule has 1 aromatic heterocycles. The first-order valence-corrected chi connectivity index (χ1v) is 8.65. The van der Waals surface area contributed by atoms with Crippen LogP contribution in [-0.2, 0) is 6.61 Å². The summed E-state index contributed by atoms with van der Waals surface area (Å²) in [4.78, 5) is 18.9. The Hall–Kier alpha value is -2.63. The molecule has 2 unspecified atom stereocenters. The minimum Gasteiger partial charge on any atom is -0.485 e. The Morgan fingerprint density at radius 3 is 2.72 bits per heavy atom. The highest BCUT2D eigenvalue weighted by molar-refractivity contribution is 5.94. The van der Waals surface area contributed by atoms with Crippen LogP contribution in [0.2, 0.25) is 0 Å². The molecule has 2 aromatic rings. The third-order valence-electron chi connectivity index (χ3n) is 4.93. The van der Waals surface area contributed by atoms with Crippen molar-refractivity contribution in [3.63, 3.8) is 0 Å². The molecule has 6 heteroatoms. The Kier molecular flexibility index (Phi) is 4.26. The molecule has 4 rings (SSSR count). The van der Waals surface area contributed by atoms with Crippen LogP contribution in [0.5, 0.6) is 5.75 Å². The van der Waals surface area contributed by atoms with E-state index >= 15 is 0 Å². The molecule has 6 nitrogen and oxygen atoms in total. The van der Waals surface area contributed by atoms with Gasteiger partial charge in [-0.05, 0) is 42.9 Å².